The van der Waals surface area contributed by atoms with Crippen LogP contribution in [-0.4, -0.2) is 89.7 Å². The lowest BCUT2D eigenvalue weighted by atomic mass is 10.0. The quantitative estimate of drug-likeness (QED) is 0.328. The maximum Gasteiger partial charge on any atom is 0.301 e. The van der Waals surface area contributed by atoms with Crippen molar-refractivity contribution in [3.63, 3.8) is 0 Å². The average Bonchev–Trinajstić information content (AvgIpc) is 3.65. The molecule has 2 aliphatic rings. The van der Waals surface area contributed by atoms with Gasteiger partial charge in [-0.1, -0.05) is 6.07 Å². The number of nitrogens with zero attached hydrogens (tertiary/aromatic N) is 6. The molecular weight excluding hydrogens is 535 g/mol. The highest BCUT2D eigenvalue weighted by molar-refractivity contribution is 7.90. The number of anilines is 2. The van der Waals surface area contributed by atoms with Crippen molar-refractivity contribution in [3.05, 3.63) is 66.0 Å². The first kappa shape index (κ1) is 26.3. The van der Waals surface area contributed by atoms with Gasteiger partial charge >= 0.3 is 10.2 Å². The third kappa shape index (κ3) is 5.03. The fraction of sp³-hybridized carbons (Fsp3) is 0.333. The molecule has 2 saturated heterocycles. The molecule has 0 unspecified atom stereocenters. The van der Waals surface area contributed by atoms with Gasteiger partial charge in [0.1, 0.15) is 17.8 Å². The van der Waals surface area contributed by atoms with E-state index in [1.807, 2.05) is 6.07 Å². The lowest BCUT2D eigenvalue weighted by Gasteiger charge is -2.33. The largest absolute Gasteiger partial charge is 0.354 e. The lowest BCUT2D eigenvalue weighted by Crippen LogP contribution is -2.44. The number of benzene rings is 1. The molecule has 40 heavy (non-hydrogen) atoms. The van der Waals surface area contributed by atoms with Gasteiger partial charge in [-0.05, 0) is 38.1 Å². The Morgan fingerprint density at radius 1 is 1.00 bits per heavy atom. The van der Waals surface area contributed by atoms with Crippen LogP contribution in [0, 0.1) is 5.82 Å². The summed E-state index contributed by atoms with van der Waals surface area (Å²) in [5, 5.41) is 0.504. The highest BCUT2D eigenvalue weighted by atomic mass is 32.2. The second-order valence-corrected chi connectivity index (χ2v) is 11.8. The fourth-order valence-electron chi connectivity index (χ4n) is 5.11. The molecule has 0 bridgehead atoms. The van der Waals surface area contributed by atoms with E-state index in [-0.39, 0.29) is 16.8 Å². The minimum atomic E-state index is -3.92. The van der Waals surface area contributed by atoms with Gasteiger partial charge in [0.05, 0.1) is 16.9 Å². The van der Waals surface area contributed by atoms with Crippen LogP contribution in [0.15, 0.2) is 49.1 Å². The van der Waals surface area contributed by atoms with Crippen molar-refractivity contribution >= 4 is 38.5 Å². The number of piperazine rings is 1. The zero-order valence-electron chi connectivity index (χ0n) is 22.0. The zero-order valence-corrected chi connectivity index (χ0v) is 22.8. The van der Waals surface area contributed by atoms with Crippen LogP contribution in [0.5, 0.6) is 0 Å². The van der Waals surface area contributed by atoms with Crippen molar-refractivity contribution in [1.29, 1.82) is 0 Å². The highest BCUT2D eigenvalue weighted by Crippen LogP contribution is 2.29. The molecule has 6 rings (SSSR count). The normalized spacial score (nSPS) is 17.0. The SMILES string of the molecule is CN1CCN(c2cc(-c3cnc4[nH]cc(C(=O)c5cccc(NS(=O)(=O)N6CCCC6)c5F)c4c3)ncn2)CC1. The predicted molar refractivity (Wildman–Crippen MR) is 150 cm³/mol. The Balaban J connectivity index is 1.30. The molecule has 5 heterocycles. The van der Waals surface area contributed by atoms with Gasteiger partial charge in [0.25, 0.3) is 0 Å². The van der Waals surface area contributed by atoms with Crippen LogP contribution in [0.1, 0.15) is 28.8 Å². The van der Waals surface area contributed by atoms with E-state index >= 15 is 4.39 Å². The third-order valence-corrected chi connectivity index (χ3v) is 8.96. The van der Waals surface area contributed by atoms with Crippen molar-refractivity contribution in [2.45, 2.75) is 12.8 Å². The molecule has 13 heteroatoms. The number of halogens is 1. The van der Waals surface area contributed by atoms with Gasteiger partial charge in [-0.3, -0.25) is 9.52 Å². The molecule has 0 amide bonds. The number of likely N-dealkylation sites (N-methyl/N-ethyl adjacent to an activating group) is 1. The predicted octanol–water partition coefficient (Wildman–Crippen LogP) is 2.89. The molecule has 0 radical (unpaired) electrons. The molecule has 0 spiro atoms. The Morgan fingerprint density at radius 3 is 2.55 bits per heavy atom. The summed E-state index contributed by atoms with van der Waals surface area (Å²) in [5.74, 6) is -0.703. The number of hydrogen-bond donors (Lipinski definition) is 2. The first-order valence-electron chi connectivity index (χ1n) is 13.1. The monoisotopic (exact) mass is 564 g/mol. The second kappa shape index (κ2) is 10.6. The van der Waals surface area contributed by atoms with Crippen LogP contribution >= 0.6 is 0 Å². The summed E-state index contributed by atoms with van der Waals surface area (Å²) in [6.45, 7) is 4.37. The van der Waals surface area contributed by atoms with Gasteiger partial charge in [-0.15, -0.1) is 0 Å². The number of rotatable bonds is 7. The Hall–Kier alpha value is -3.94. The summed E-state index contributed by atoms with van der Waals surface area (Å²) in [6.07, 6.45) is 6.17. The van der Waals surface area contributed by atoms with E-state index in [1.54, 1.807) is 12.3 Å². The standard InChI is InChI=1S/C27H29FN8O3S/c1-34-9-11-35(12-10-34)24-14-23(31-17-32-24)18-13-20-21(16-30-27(20)29-15-18)26(37)19-5-4-6-22(25(19)28)33-40(38,39)36-7-2-3-8-36/h4-6,13-17,33H,2-3,7-12H2,1H3,(H,29,30). The van der Waals surface area contributed by atoms with E-state index < -0.39 is 21.8 Å². The van der Waals surface area contributed by atoms with Gasteiger partial charge in [-0.2, -0.15) is 12.7 Å². The minimum absolute atomic E-state index is 0.219. The molecule has 0 saturated carbocycles. The lowest BCUT2D eigenvalue weighted by molar-refractivity contribution is 0.103. The first-order valence-corrected chi connectivity index (χ1v) is 14.6. The summed E-state index contributed by atoms with van der Waals surface area (Å²) >= 11 is 0. The summed E-state index contributed by atoms with van der Waals surface area (Å²) in [7, 11) is -1.83. The molecule has 4 aromatic rings. The molecule has 208 valence electrons. The topological polar surface area (TPSA) is 127 Å². The van der Waals surface area contributed by atoms with E-state index in [0.29, 0.717) is 35.4 Å². The van der Waals surface area contributed by atoms with E-state index in [4.69, 9.17) is 0 Å². The number of aromatic amines is 1. The summed E-state index contributed by atoms with van der Waals surface area (Å²) in [6, 6.07) is 7.80. The van der Waals surface area contributed by atoms with Crippen molar-refractivity contribution in [1.82, 2.24) is 29.1 Å². The van der Waals surface area contributed by atoms with Crippen molar-refractivity contribution in [2.75, 3.05) is 55.9 Å². The Kier molecular flexibility index (Phi) is 6.94. The first-order chi connectivity index (χ1) is 19.3. The van der Waals surface area contributed by atoms with E-state index in [1.165, 1.54) is 35.0 Å². The number of pyridine rings is 1. The Bertz CT molecular complexity index is 1680. The van der Waals surface area contributed by atoms with E-state index in [0.717, 1.165) is 44.8 Å². The van der Waals surface area contributed by atoms with Crippen molar-refractivity contribution in [2.24, 2.45) is 0 Å². The van der Waals surface area contributed by atoms with Gasteiger partial charge in [0, 0.05) is 74.2 Å². The van der Waals surface area contributed by atoms with Crippen LogP contribution in [0.25, 0.3) is 22.3 Å². The van der Waals surface area contributed by atoms with Gasteiger partial charge in [-0.25, -0.2) is 19.3 Å². The fourth-order valence-corrected chi connectivity index (χ4v) is 6.41. The molecule has 3 aromatic heterocycles. The van der Waals surface area contributed by atoms with Crippen LogP contribution in [0.3, 0.4) is 0 Å². The Morgan fingerprint density at radius 2 is 1.77 bits per heavy atom. The van der Waals surface area contributed by atoms with E-state index in [9.17, 15) is 13.2 Å². The number of carbonyl (C=O) groups excluding carboxylic acids is 1. The smallest absolute Gasteiger partial charge is 0.301 e. The molecule has 0 aliphatic carbocycles. The van der Waals surface area contributed by atoms with Crippen LogP contribution in [0.4, 0.5) is 15.9 Å². The molecule has 2 N–H and O–H groups in total. The number of fused-ring (bicyclic) bond motifs is 1. The van der Waals surface area contributed by atoms with Crippen LogP contribution in [-0.2, 0) is 10.2 Å². The molecular formula is C27H29FN8O3S. The Labute approximate surface area is 231 Å². The van der Waals surface area contributed by atoms with Crippen molar-refractivity contribution < 1.29 is 17.6 Å². The highest BCUT2D eigenvalue weighted by Gasteiger charge is 2.28. The molecule has 0 atom stereocenters. The number of H-pyrrole nitrogens is 1. The maximum atomic E-state index is 15.5. The van der Waals surface area contributed by atoms with Crippen LogP contribution in [0.2, 0.25) is 0 Å². The second-order valence-electron chi connectivity index (χ2n) is 10.1. The number of hydrogen-bond acceptors (Lipinski definition) is 8. The average molecular weight is 565 g/mol. The molecule has 1 aromatic carbocycles. The minimum Gasteiger partial charge on any atom is -0.354 e. The van der Waals surface area contributed by atoms with Gasteiger partial charge in [0.2, 0.25) is 0 Å². The number of nitrogens with one attached hydrogen (secondary N) is 2. The van der Waals surface area contributed by atoms with Gasteiger partial charge < -0.3 is 14.8 Å². The molecule has 2 aliphatic heterocycles. The third-order valence-electron chi connectivity index (χ3n) is 7.44. The summed E-state index contributed by atoms with van der Waals surface area (Å²) < 4.78 is 44.5. The summed E-state index contributed by atoms with van der Waals surface area (Å²) in [4.78, 5) is 34.3. The number of carbonyl (C=O) groups is 1. The van der Waals surface area contributed by atoms with E-state index in [2.05, 4.69) is 41.5 Å². The zero-order chi connectivity index (χ0) is 27.9. The van der Waals surface area contributed by atoms with Gasteiger partial charge in [0.15, 0.2) is 11.6 Å². The van der Waals surface area contributed by atoms with Crippen LogP contribution < -0.4 is 9.62 Å². The number of ketones is 1. The molecule has 11 nitrogen and oxygen atoms in total. The number of aromatic nitrogens is 4. The summed E-state index contributed by atoms with van der Waals surface area (Å²) in [5.41, 5.74) is 1.51. The maximum absolute atomic E-state index is 15.5. The molecule has 2 fully saturated rings. The van der Waals surface area contributed by atoms with Crippen molar-refractivity contribution in [3.8, 4) is 11.3 Å².